The van der Waals surface area contributed by atoms with Gasteiger partial charge >= 0.3 is 0 Å². The van der Waals surface area contributed by atoms with E-state index >= 15 is 0 Å². The maximum atomic E-state index is 12.3. The molecule has 0 unspecified atom stereocenters. The summed E-state index contributed by atoms with van der Waals surface area (Å²) in [5.74, 6) is 0.425. The van der Waals surface area contributed by atoms with Crippen molar-refractivity contribution in [1.82, 2.24) is 10.6 Å². The number of rotatable bonds is 7. The van der Waals surface area contributed by atoms with Crippen molar-refractivity contribution in [3.05, 3.63) is 59.7 Å². The van der Waals surface area contributed by atoms with E-state index in [9.17, 15) is 9.59 Å². The molecular weight excluding hydrogens is 374 g/mol. The van der Waals surface area contributed by atoms with Crippen molar-refractivity contribution in [3.8, 4) is 5.75 Å². The number of aryl methyl sites for hydroxylation is 1. The van der Waals surface area contributed by atoms with Crippen LogP contribution in [0.2, 0.25) is 0 Å². The third-order valence-electron chi connectivity index (χ3n) is 3.85. The molecule has 0 aromatic heterocycles. The molecule has 148 valence electrons. The summed E-state index contributed by atoms with van der Waals surface area (Å²) in [7, 11) is 1.62. The van der Waals surface area contributed by atoms with Crippen LogP contribution < -0.4 is 20.7 Å². The van der Waals surface area contributed by atoms with Gasteiger partial charge in [0.05, 0.1) is 6.10 Å². The monoisotopic (exact) mass is 399 g/mol. The molecule has 3 N–H and O–H groups in total. The molecule has 0 aliphatic heterocycles. The Morgan fingerprint density at radius 3 is 2.25 bits per heavy atom. The molecule has 0 atom stereocenters. The predicted molar refractivity (Wildman–Crippen MR) is 115 cm³/mol. The summed E-state index contributed by atoms with van der Waals surface area (Å²) in [6.45, 7) is 3.89. The summed E-state index contributed by atoms with van der Waals surface area (Å²) >= 11 is 5.21. The zero-order valence-corrected chi connectivity index (χ0v) is 17.1. The molecule has 0 radical (unpaired) electrons. The van der Waals surface area contributed by atoms with Crippen molar-refractivity contribution in [2.45, 2.75) is 32.8 Å². The average molecular weight is 400 g/mol. The number of ether oxygens (including phenoxy) is 1. The molecule has 0 saturated heterocycles. The second-order valence-corrected chi connectivity index (χ2v) is 6.88. The number of carbonyl (C=O) groups is 2. The Morgan fingerprint density at radius 2 is 1.68 bits per heavy atom. The zero-order valence-electron chi connectivity index (χ0n) is 16.2. The van der Waals surface area contributed by atoms with Crippen LogP contribution >= 0.6 is 12.2 Å². The van der Waals surface area contributed by atoms with Crippen LogP contribution in [0.15, 0.2) is 48.5 Å². The highest BCUT2D eigenvalue weighted by molar-refractivity contribution is 7.80. The largest absolute Gasteiger partial charge is 0.491 e. The maximum absolute atomic E-state index is 12.3. The van der Waals surface area contributed by atoms with Gasteiger partial charge in [0.2, 0.25) is 5.91 Å². The molecule has 0 saturated carbocycles. The van der Waals surface area contributed by atoms with Gasteiger partial charge in [-0.05, 0) is 74.4 Å². The van der Waals surface area contributed by atoms with Crippen LogP contribution in [0.25, 0.3) is 0 Å². The van der Waals surface area contributed by atoms with Gasteiger partial charge in [0.25, 0.3) is 5.91 Å². The molecule has 2 amide bonds. The smallest absolute Gasteiger partial charge is 0.257 e. The molecule has 2 aromatic rings. The highest BCUT2D eigenvalue weighted by atomic mass is 32.1. The first-order chi connectivity index (χ1) is 13.4. The summed E-state index contributed by atoms with van der Waals surface area (Å²) < 4.78 is 5.56. The first kappa shape index (κ1) is 21.4. The highest BCUT2D eigenvalue weighted by Gasteiger charge is 2.09. The van der Waals surface area contributed by atoms with E-state index in [2.05, 4.69) is 16.0 Å². The summed E-state index contributed by atoms with van der Waals surface area (Å²) in [6, 6.07) is 14.4. The number of amides is 2. The molecule has 0 fully saturated rings. The van der Waals surface area contributed by atoms with E-state index in [-0.39, 0.29) is 23.0 Å². The van der Waals surface area contributed by atoms with Gasteiger partial charge in [0.1, 0.15) is 5.75 Å². The fraction of sp³-hybridized carbons (Fsp3) is 0.286. The Labute approximate surface area is 170 Å². The van der Waals surface area contributed by atoms with Crippen LogP contribution in [0, 0.1) is 0 Å². The summed E-state index contributed by atoms with van der Waals surface area (Å²) in [5, 5.41) is 8.45. The highest BCUT2D eigenvalue weighted by Crippen LogP contribution is 2.14. The minimum absolute atomic E-state index is 0.00916. The molecule has 0 aliphatic rings. The van der Waals surface area contributed by atoms with Crippen molar-refractivity contribution in [1.29, 1.82) is 0 Å². The SMILES string of the molecule is CNC(=O)CCc1ccc(NC(=S)NC(=O)c2ccc(OC(C)C)cc2)cc1. The van der Waals surface area contributed by atoms with E-state index in [1.54, 1.807) is 31.3 Å². The summed E-state index contributed by atoms with van der Waals surface area (Å²) in [6.07, 6.45) is 1.18. The van der Waals surface area contributed by atoms with Gasteiger partial charge in [-0.25, -0.2) is 0 Å². The lowest BCUT2D eigenvalue weighted by atomic mass is 10.1. The van der Waals surface area contributed by atoms with E-state index in [1.165, 1.54) is 0 Å². The lowest BCUT2D eigenvalue weighted by molar-refractivity contribution is -0.120. The van der Waals surface area contributed by atoms with Crippen LogP contribution in [0.1, 0.15) is 36.2 Å². The summed E-state index contributed by atoms with van der Waals surface area (Å²) in [5.41, 5.74) is 2.30. The van der Waals surface area contributed by atoms with Crippen LogP contribution in [0.4, 0.5) is 5.69 Å². The van der Waals surface area contributed by atoms with Crippen LogP contribution in [-0.4, -0.2) is 30.1 Å². The van der Waals surface area contributed by atoms with E-state index in [4.69, 9.17) is 17.0 Å². The number of anilines is 1. The number of thiocarbonyl (C=S) groups is 1. The maximum Gasteiger partial charge on any atom is 0.257 e. The molecule has 0 heterocycles. The van der Waals surface area contributed by atoms with E-state index in [1.807, 2.05) is 38.1 Å². The Hall–Kier alpha value is -2.93. The van der Waals surface area contributed by atoms with Crippen LogP contribution in [0.5, 0.6) is 5.75 Å². The van der Waals surface area contributed by atoms with E-state index in [0.29, 0.717) is 24.2 Å². The Kier molecular flexibility index (Phi) is 7.95. The van der Waals surface area contributed by atoms with Crippen molar-refractivity contribution < 1.29 is 14.3 Å². The van der Waals surface area contributed by atoms with Gasteiger partial charge in [-0.3, -0.25) is 14.9 Å². The van der Waals surface area contributed by atoms with Gasteiger partial charge in [-0.2, -0.15) is 0 Å². The molecule has 0 aliphatic carbocycles. The molecule has 28 heavy (non-hydrogen) atoms. The lowest BCUT2D eigenvalue weighted by Gasteiger charge is -2.12. The Bertz CT molecular complexity index is 818. The molecule has 2 aromatic carbocycles. The Balaban J connectivity index is 1.85. The molecule has 0 bridgehead atoms. The zero-order chi connectivity index (χ0) is 20.5. The van der Waals surface area contributed by atoms with Crippen LogP contribution in [0.3, 0.4) is 0 Å². The molecule has 0 spiro atoms. The average Bonchev–Trinajstić information content (AvgIpc) is 2.67. The lowest BCUT2D eigenvalue weighted by Crippen LogP contribution is -2.34. The fourth-order valence-corrected chi connectivity index (χ4v) is 2.64. The number of hydrogen-bond acceptors (Lipinski definition) is 4. The van der Waals surface area contributed by atoms with Crippen molar-refractivity contribution in [3.63, 3.8) is 0 Å². The fourth-order valence-electron chi connectivity index (χ4n) is 2.43. The first-order valence-electron chi connectivity index (χ1n) is 9.06. The van der Waals surface area contributed by atoms with E-state index in [0.717, 1.165) is 11.3 Å². The molecule has 6 nitrogen and oxygen atoms in total. The van der Waals surface area contributed by atoms with Crippen molar-refractivity contribution in [2.75, 3.05) is 12.4 Å². The van der Waals surface area contributed by atoms with Crippen molar-refractivity contribution >= 4 is 34.8 Å². The second kappa shape index (κ2) is 10.4. The Morgan fingerprint density at radius 1 is 1.04 bits per heavy atom. The molecule has 2 rings (SSSR count). The van der Waals surface area contributed by atoms with E-state index < -0.39 is 0 Å². The van der Waals surface area contributed by atoms with Crippen LogP contribution in [-0.2, 0) is 11.2 Å². The summed E-state index contributed by atoms with van der Waals surface area (Å²) in [4.78, 5) is 23.6. The number of carbonyl (C=O) groups excluding carboxylic acids is 2. The van der Waals surface area contributed by atoms with Gasteiger partial charge < -0.3 is 15.4 Å². The molecular formula is C21H25N3O3S. The van der Waals surface area contributed by atoms with Crippen molar-refractivity contribution in [2.24, 2.45) is 0 Å². The predicted octanol–water partition coefficient (Wildman–Crippen LogP) is 3.28. The van der Waals surface area contributed by atoms with Gasteiger partial charge in [-0.15, -0.1) is 0 Å². The second-order valence-electron chi connectivity index (χ2n) is 6.47. The third kappa shape index (κ3) is 7.00. The topological polar surface area (TPSA) is 79.5 Å². The molecule has 7 heteroatoms. The minimum atomic E-state index is -0.296. The number of hydrogen-bond donors (Lipinski definition) is 3. The number of benzene rings is 2. The van der Waals surface area contributed by atoms with Gasteiger partial charge in [0.15, 0.2) is 5.11 Å². The first-order valence-corrected chi connectivity index (χ1v) is 9.46. The van der Waals surface area contributed by atoms with Gasteiger partial charge in [-0.1, -0.05) is 12.1 Å². The van der Waals surface area contributed by atoms with Gasteiger partial charge in [0, 0.05) is 24.7 Å². The quantitative estimate of drug-likeness (QED) is 0.623. The minimum Gasteiger partial charge on any atom is -0.491 e. The third-order valence-corrected chi connectivity index (χ3v) is 4.05. The standard InChI is InChI=1S/C21H25N3O3S/c1-14(2)27-18-11-7-16(8-12-18)20(26)24-21(28)23-17-9-4-15(5-10-17)6-13-19(25)22-3/h4-5,7-12,14H,6,13H2,1-3H3,(H,22,25)(H2,23,24,26,28). The number of nitrogens with one attached hydrogen (secondary N) is 3. The normalized spacial score (nSPS) is 10.3.